The van der Waals surface area contributed by atoms with Gasteiger partial charge < -0.3 is 14.8 Å². The number of rotatable bonds is 4. The number of aryl methyl sites for hydroxylation is 1. The first-order chi connectivity index (χ1) is 16.1. The molecule has 10 heteroatoms. The monoisotopic (exact) mass is 482 g/mol. The van der Waals surface area contributed by atoms with Crippen molar-refractivity contribution in [2.75, 3.05) is 27.2 Å². The Hall–Kier alpha value is -2.53. The highest BCUT2D eigenvalue weighted by Crippen LogP contribution is 2.58. The van der Waals surface area contributed by atoms with Crippen LogP contribution in [0.3, 0.4) is 0 Å². The number of piperidine rings is 1. The summed E-state index contributed by atoms with van der Waals surface area (Å²) in [5, 5.41) is 4.97. The molecule has 0 amide bonds. The zero-order valence-corrected chi connectivity index (χ0v) is 20.8. The van der Waals surface area contributed by atoms with Crippen LogP contribution in [0.5, 0.6) is 0 Å². The number of benzene rings is 1. The maximum Gasteiger partial charge on any atom is 0.274 e. The number of hydrogen-bond acceptors (Lipinski definition) is 7. The zero-order valence-electron chi connectivity index (χ0n) is 20.0. The van der Waals surface area contributed by atoms with Gasteiger partial charge in [0.25, 0.3) is 5.89 Å². The molecule has 0 aliphatic carbocycles. The van der Waals surface area contributed by atoms with Crippen molar-refractivity contribution in [3.05, 3.63) is 47.2 Å². The van der Waals surface area contributed by atoms with Crippen molar-refractivity contribution in [3.63, 3.8) is 0 Å². The van der Waals surface area contributed by atoms with Crippen molar-refractivity contribution in [2.24, 2.45) is 11.1 Å². The number of aromatic nitrogens is 3. The molecule has 180 valence electrons. The third-order valence-corrected chi connectivity index (χ3v) is 9.97. The van der Waals surface area contributed by atoms with Crippen molar-refractivity contribution < 1.29 is 12.9 Å². The van der Waals surface area contributed by atoms with Crippen LogP contribution in [0.1, 0.15) is 49.2 Å². The molecule has 0 unspecified atom stereocenters. The smallest absolute Gasteiger partial charge is 0.274 e. The summed E-state index contributed by atoms with van der Waals surface area (Å²) in [7, 11) is -0.467. The Morgan fingerprint density at radius 1 is 1.26 bits per heavy atom. The van der Waals surface area contributed by atoms with Gasteiger partial charge in [0.2, 0.25) is 10.0 Å². The van der Waals surface area contributed by atoms with Gasteiger partial charge in [0.1, 0.15) is 11.4 Å². The number of nitrogens with two attached hydrogens (primary N) is 1. The van der Waals surface area contributed by atoms with E-state index in [-0.39, 0.29) is 10.3 Å². The van der Waals surface area contributed by atoms with Crippen molar-refractivity contribution >= 4 is 26.6 Å². The van der Waals surface area contributed by atoms with E-state index >= 15 is 0 Å². The molecule has 2 aromatic heterocycles. The second-order valence-corrected chi connectivity index (χ2v) is 12.1. The molecular formula is C24H30N6O3S. The SMILES string of the molecule is CC[C@@]12C=C(c3nc(C)no3)n3c4c(c5cc(S(=O)(=O)N(C)C)ccc53)CCN(CCC1)[C@]42N. The molecule has 2 N–H and O–H groups in total. The van der Waals surface area contributed by atoms with Crippen LogP contribution in [0.25, 0.3) is 16.6 Å². The van der Waals surface area contributed by atoms with E-state index in [1.807, 2.05) is 13.0 Å². The van der Waals surface area contributed by atoms with Gasteiger partial charge in [-0.05, 0) is 62.4 Å². The van der Waals surface area contributed by atoms with Gasteiger partial charge in [-0.25, -0.2) is 12.7 Å². The van der Waals surface area contributed by atoms with Crippen molar-refractivity contribution in [3.8, 4) is 0 Å². The van der Waals surface area contributed by atoms with Gasteiger partial charge in [-0.1, -0.05) is 12.1 Å². The predicted octanol–water partition coefficient (Wildman–Crippen LogP) is 2.65. The number of fused-ring (bicyclic) bond motifs is 3. The van der Waals surface area contributed by atoms with Gasteiger partial charge in [-0.15, -0.1) is 0 Å². The maximum atomic E-state index is 12.9. The third-order valence-electron chi connectivity index (χ3n) is 8.16. The van der Waals surface area contributed by atoms with Gasteiger partial charge in [0.15, 0.2) is 5.82 Å². The van der Waals surface area contributed by atoms with E-state index in [1.165, 1.54) is 4.31 Å². The maximum absolute atomic E-state index is 12.9. The van der Waals surface area contributed by atoms with Gasteiger partial charge in [0, 0.05) is 38.0 Å². The lowest BCUT2D eigenvalue weighted by Gasteiger charge is -2.60. The van der Waals surface area contributed by atoms with E-state index in [4.69, 9.17) is 10.3 Å². The minimum absolute atomic E-state index is 0.280. The van der Waals surface area contributed by atoms with Crippen LogP contribution in [-0.4, -0.2) is 59.5 Å². The third kappa shape index (κ3) is 2.57. The molecule has 1 saturated heterocycles. The first kappa shape index (κ1) is 22.0. The molecule has 0 radical (unpaired) electrons. The standard InChI is InChI=1S/C24H30N6O3S/c1-5-23-10-6-11-29-12-9-17-18-13-16(34(31,32)28(3)4)7-8-19(18)30(21(17)24(23,29)25)20(14-23)22-26-15(2)27-33-22/h7-8,13-14H,5-6,9-12,25H2,1-4H3/t23-,24+/m0/s1. The molecule has 0 saturated carbocycles. The molecule has 34 heavy (non-hydrogen) atoms. The van der Waals surface area contributed by atoms with Gasteiger partial charge in [-0.2, -0.15) is 4.98 Å². The molecule has 1 fully saturated rings. The lowest BCUT2D eigenvalue weighted by molar-refractivity contribution is -0.0670. The average molecular weight is 483 g/mol. The highest BCUT2D eigenvalue weighted by Gasteiger charge is 2.60. The molecule has 3 aliphatic heterocycles. The van der Waals surface area contributed by atoms with Crippen molar-refractivity contribution in [2.45, 2.75) is 50.1 Å². The second-order valence-electron chi connectivity index (χ2n) is 9.92. The Kier molecular flexibility index (Phi) is 4.52. The lowest BCUT2D eigenvalue weighted by atomic mass is 9.62. The Morgan fingerprint density at radius 2 is 2.06 bits per heavy atom. The Balaban J connectivity index is 1.73. The van der Waals surface area contributed by atoms with E-state index in [0.717, 1.165) is 66.6 Å². The second kappa shape index (κ2) is 7.00. The molecule has 5 heterocycles. The largest absolute Gasteiger partial charge is 0.332 e. The minimum atomic E-state index is -3.57. The molecule has 6 rings (SSSR count). The normalized spacial score (nSPS) is 26.7. The minimum Gasteiger partial charge on any atom is -0.332 e. The fourth-order valence-corrected chi connectivity index (χ4v) is 7.34. The topological polar surface area (TPSA) is 110 Å². The van der Waals surface area contributed by atoms with Crippen molar-refractivity contribution in [1.29, 1.82) is 0 Å². The van der Waals surface area contributed by atoms with E-state index < -0.39 is 15.7 Å². The van der Waals surface area contributed by atoms with Gasteiger partial charge in [-0.3, -0.25) is 4.90 Å². The van der Waals surface area contributed by atoms with Crippen LogP contribution in [0.2, 0.25) is 0 Å². The fourth-order valence-electron chi connectivity index (χ4n) is 6.41. The van der Waals surface area contributed by atoms with Crippen LogP contribution < -0.4 is 5.73 Å². The van der Waals surface area contributed by atoms with E-state index in [2.05, 4.69) is 32.6 Å². The zero-order chi connectivity index (χ0) is 24.0. The Labute approximate surface area is 199 Å². The summed E-state index contributed by atoms with van der Waals surface area (Å²) >= 11 is 0. The summed E-state index contributed by atoms with van der Waals surface area (Å²) in [4.78, 5) is 7.27. The number of hydrogen-bond donors (Lipinski definition) is 1. The molecular weight excluding hydrogens is 452 g/mol. The molecule has 0 bridgehead atoms. The molecule has 3 aromatic rings. The van der Waals surface area contributed by atoms with E-state index in [0.29, 0.717) is 11.7 Å². The lowest BCUT2D eigenvalue weighted by Crippen LogP contribution is -2.69. The summed E-state index contributed by atoms with van der Waals surface area (Å²) in [6.45, 7) is 5.79. The van der Waals surface area contributed by atoms with Crippen LogP contribution >= 0.6 is 0 Å². The highest BCUT2D eigenvalue weighted by molar-refractivity contribution is 7.89. The van der Waals surface area contributed by atoms with Crippen LogP contribution in [-0.2, 0) is 22.1 Å². The first-order valence-corrected chi connectivity index (χ1v) is 13.3. The first-order valence-electron chi connectivity index (χ1n) is 11.8. The Morgan fingerprint density at radius 3 is 2.74 bits per heavy atom. The molecule has 3 aliphatic rings. The molecule has 9 nitrogen and oxygen atoms in total. The summed E-state index contributed by atoms with van der Waals surface area (Å²) in [6, 6.07) is 5.36. The summed E-state index contributed by atoms with van der Waals surface area (Å²) in [5.41, 5.74) is 10.4. The molecule has 0 spiro atoms. The predicted molar refractivity (Wildman–Crippen MR) is 128 cm³/mol. The van der Waals surface area contributed by atoms with Crippen LogP contribution in [0, 0.1) is 12.3 Å². The van der Waals surface area contributed by atoms with Gasteiger partial charge in [0.05, 0.1) is 16.1 Å². The summed E-state index contributed by atoms with van der Waals surface area (Å²) < 4.78 is 35.0. The fraction of sp³-hybridized carbons (Fsp3) is 0.500. The number of nitrogens with zero attached hydrogens (tertiary/aromatic N) is 5. The van der Waals surface area contributed by atoms with Crippen molar-refractivity contribution in [1.82, 2.24) is 23.9 Å². The molecule has 2 atom stereocenters. The molecule has 1 aromatic carbocycles. The Bertz CT molecular complexity index is 1470. The summed E-state index contributed by atoms with van der Waals surface area (Å²) in [5.74, 6) is 1.03. The number of sulfonamides is 1. The van der Waals surface area contributed by atoms with Crippen LogP contribution in [0.15, 0.2) is 33.7 Å². The highest BCUT2D eigenvalue weighted by atomic mass is 32.2. The average Bonchev–Trinajstić information content (AvgIpc) is 3.39. The van der Waals surface area contributed by atoms with Gasteiger partial charge >= 0.3 is 0 Å². The quantitative estimate of drug-likeness (QED) is 0.609. The van der Waals surface area contributed by atoms with Crippen LogP contribution in [0.4, 0.5) is 0 Å². The van der Waals surface area contributed by atoms with E-state index in [9.17, 15) is 8.42 Å². The summed E-state index contributed by atoms with van der Waals surface area (Å²) in [6.07, 6.45) is 5.96. The van der Waals surface area contributed by atoms with E-state index in [1.54, 1.807) is 26.2 Å².